The van der Waals surface area contributed by atoms with Crippen LogP contribution in [0.3, 0.4) is 0 Å². The van der Waals surface area contributed by atoms with Crippen molar-refractivity contribution in [3.05, 3.63) is 52.0 Å². The van der Waals surface area contributed by atoms with E-state index in [0.29, 0.717) is 6.04 Å². The summed E-state index contributed by atoms with van der Waals surface area (Å²) >= 11 is 1.85. The van der Waals surface area contributed by atoms with E-state index >= 15 is 0 Å². The van der Waals surface area contributed by atoms with Gasteiger partial charge in [0, 0.05) is 29.1 Å². The highest BCUT2D eigenvalue weighted by Gasteiger charge is 2.33. The predicted molar refractivity (Wildman–Crippen MR) is 91.9 cm³/mol. The Kier molecular flexibility index (Phi) is 5.54. The molecule has 1 aromatic carbocycles. The summed E-state index contributed by atoms with van der Waals surface area (Å²) in [6.45, 7) is 9.80. The first-order valence-electron chi connectivity index (χ1n) is 7.86. The van der Waals surface area contributed by atoms with Crippen molar-refractivity contribution in [2.75, 3.05) is 0 Å². The van der Waals surface area contributed by atoms with Crippen LogP contribution in [0.1, 0.15) is 56.0 Å². The minimum absolute atomic E-state index is 0.0575. The van der Waals surface area contributed by atoms with Gasteiger partial charge in [-0.25, -0.2) is 4.98 Å². The maximum absolute atomic E-state index is 4.76. The summed E-state index contributed by atoms with van der Waals surface area (Å²) in [5.74, 6) is 0. The number of nitrogens with zero attached hydrogens (tertiary/aromatic N) is 1. The highest BCUT2D eigenvalue weighted by molar-refractivity contribution is 7.11. The summed E-state index contributed by atoms with van der Waals surface area (Å²) in [6.07, 6.45) is 4.20. The number of hydrogen-bond donors (Lipinski definition) is 1. The quantitative estimate of drug-likeness (QED) is 0.798. The molecule has 3 heteroatoms. The largest absolute Gasteiger partial charge is 0.310 e. The van der Waals surface area contributed by atoms with Crippen LogP contribution in [0.5, 0.6) is 0 Å². The first kappa shape index (κ1) is 16.2. The molecular formula is C18H26N2S. The van der Waals surface area contributed by atoms with Gasteiger partial charge < -0.3 is 5.32 Å². The lowest BCUT2D eigenvalue weighted by molar-refractivity contribution is 0.475. The fourth-order valence-corrected chi connectivity index (χ4v) is 3.97. The third-order valence-corrected chi connectivity index (χ3v) is 5.38. The molecule has 0 unspecified atom stereocenters. The van der Waals surface area contributed by atoms with Crippen molar-refractivity contribution in [2.45, 2.75) is 58.5 Å². The fourth-order valence-electron chi connectivity index (χ4n) is 2.76. The Hall–Kier alpha value is -1.19. The van der Waals surface area contributed by atoms with E-state index < -0.39 is 0 Å². The molecule has 0 atom stereocenters. The van der Waals surface area contributed by atoms with Crippen molar-refractivity contribution in [1.82, 2.24) is 10.3 Å². The van der Waals surface area contributed by atoms with Crippen molar-refractivity contribution >= 4 is 11.3 Å². The SMILES string of the molecule is CCC(CC)(c1ccccc1)c1ncc(CNC(C)C)s1. The van der Waals surface area contributed by atoms with Gasteiger partial charge >= 0.3 is 0 Å². The number of hydrogen-bond acceptors (Lipinski definition) is 3. The van der Waals surface area contributed by atoms with Crippen LogP contribution in [0.25, 0.3) is 0 Å². The maximum Gasteiger partial charge on any atom is 0.103 e. The van der Waals surface area contributed by atoms with Crippen molar-refractivity contribution in [1.29, 1.82) is 0 Å². The molecule has 2 nitrogen and oxygen atoms in total. The molecule has 114 valence electrons. The first-order chi connectivity index (χ1) is 10.1. The van der Waals surface area contributed by atoms with Crippen LogP contribution in [0.15, 0.2) is 36.5 Å². The second-order valence-corrected chi connectivity index (χ2v) is 6.94. The van der Waals surface area contributed by atoms with Gasteiger partial charge in [0.25, 0.3) is 0 Å². The maximum atomic E-state index is 4.76. The molecule has 0 aliphatic heterocycles. The Morgan fingerprint density at radius 3 is 2.38 bits per heavy atom. The highest BCUT2D eigenvalue weighted by Crippen LogP contribution is 2.40. The van der Waals surface area contributed by atoms with Gasteiger partial charge in [-0.15, -0.1) is 11.3 Å². The zero-order valence-corrected chi connectivity index (χ0v) is 14.3. The molecule has 2 aromatic rings. The van der Waals surface area contributed by atoms with E-state index in [1.165, 1.54) is 15.4 Å². The lowest BCUT2D eigenvalue weighted by atomic mass is 9.76. The number of thiazole rings is 1. The van der Waals surface area contributed by atoms with E-state index in [1.54, 1.807) is 0 Å². The molecule has 0 saturated carbocycles. The Balaban J connectivity index is 2.31. The smallest absolute Gasteiger partial charge is 0.103 e. The van der Waals surface area contributed by atoms with E-state index in [0.717, 1.165) is 19.4 Å². The molecule has 1 aromatic heterocycles. The second kappa shape index (κ2) is 7.19. The average molecular weight is 302 g/mol. The number of rotatable bonds is 7. The zero-order chi connectivity index (χ0) is 15.3. The molecule has 0 fully saturated rings. The van der Waals surface area contributed by atoms with Gasteiger partial charge in [-0.3, -0.25) is 0 Å². The Morgan fingerprint density at radius 1 is 1.14 bits per heavy atom. The van der Waals surface area contributed by atoms with Gasteiger partial charge in [0.15, 0.2) is 0 Å². The minimum atomic E-state index is 0.0575. The Bertz CT molecular complexity index is 541. The van der Waals surface area contributed by atoms with Gasteiger partial charge in [0.1, 0.15) is 5.01 Å². The van der Waals surface area contributed by atoms with Crippen LogP contribution < -0.4 is 5.32 Å². The Labute approximate surface area is 132 Å². The third-order valence-electron chi connectivity index (χ3n) is 4.18. The summed E-state index contributed by atoms with van der Waals surface area (Å²) < 4.78 is 0. The predicted octanol–water partition coefficient (Wildman–Crippen LogP) is 4.75. The van der Waals surface area contributed by atoms with Gasteiger partial charge in [-0.05, 0) is 18.4 Å². The monoisotopic (exact) mass is 302 g/mol. The molecule has 0 aliphatic rings. The summed E-state index contributed by atoms with van der Waals surface area (Å²) in [5, 5.41) is 4.72. The van der Waals surface area contributed by atoms with Crippen LogP contribution in [-0.4, -0.2) is 11.0 Å². The molecule has 0 amide bonds. The molecule has 1 N–H and O–H groups in total. The molecule has 2 rings (SSSR count). The second-order valence-electron chi connectivity index (χ2n) is 5.82. The topological polar surface area (TPSA) is 24.9 Å². The van der Waals surface area contributed by atoms with Crippen LogP contribution in [-0.2, 0) is 12.0 Å². The zero-order valence-electron chi connectivity index (χ0n) is 13.5. The van der Waals surface area contributed by atoms with Crippen LogP contribution in [0.4, 0.5) is 0 Å². The Morgan fingerprint density at radius 2 is 1.81 bits per heavy atom. The van der Waals surface area contributed by atoms with Crippen LogP contribution >= 0.6 is 11.3 Å². The molecule has 21 heavy (non-hydrogen) atoms. The molecular weight excluding hydrogens is 276 g/mol. The lowest BCUT2D eigenvalue weighted by Crippen LogP contribution is -2.25. The number of benzene rings is 1. The van der Waals surface area contributed by atoms with Crippen molar-refractivity contribution in [2.24, 2.45) is 0 Å². The lowest BCUT2D eigenvalue weighted by Gasteiger charge is -2.30. The van der Waals surface area contributed by atoms with E-state index in [1.807, 2.05) is 17.5 Å². The average Bonchev–Trinajstić information content (AvgIpc) is 2.98. The normalized spacial score (nSPS) is 12.0. The van der Waals surface area contributed by atoms with Gasteiger partial charge in [-0.1, -0.05) is 58.0 Å². The van der Waals surface area contributed by atoms with Crippen molar-refractivity contribution in [3.8, 4) is 0 Å². The molecule has 0 radical (unpaired) electrons. The molecule has 0 aliphatic carbocycles. The van der Waals surface area contributed by atoms with Crippen molar-refractivity contribution in [3.63, 3.8) is 0 Å². The van der Waals surface area contributed by atoms with E-state index in [4.69, 9.17) is 4.98 Å². The molecule has 0 saturated heterocycles. The standard InChI is InChI=1S/C18H26N2S/c1-5-18(6-2,15-10-8-7-9-11-15)17-20-13-16(21-17)12-19-14(3)4/h7-11,13-14,19H,5-6,12H2,1-4H3. The summed E-state index contributed by atoms with van der Waals surface area (Å²) in [5.41, 5.74) is 1.44. The fraction of sp³-hybridized carbons (Fsp3) is 0.500. The summed E-state index contributed by atoms with van der Waals surface area (Å²) in [7, 11) is 0. The molecule has 0 bridgehead atoms. The first-order valence-corrected chi connectivity index (χ1v) is 8.68. The van der Waals surface area contributed by atoms with Crippen molar-refractivity contribution < 1.29 is 0 Å². The molecule has 1 heterocycles. The number of aromatic nitrogens is 1. The van der Waals surface area contributed by atoms with E-state index in [-0.39, 0.29) is 5.41 Å². The van der Waals surface area contributed by atoms with Gasteiger partial charge in [0.2, 0.25) is 0 Å². The van der Waals surface area contributed by atoms with Crippen LogP contribution in [0, 0.1) is 0 Å². The summed E-state index contributed by atoms with van der Waals surface area (Å²) in [4.78, 5) is 6.08. The van der Waals surface area contributed by atoms with Gasteiger partial charge in [0.05, 0.1) is 0 Å². The summed E-state index contributed by atoms with van der Waals surface area (Å²) in [6, 6.07) is 11.3. The minimum Gasteiger partial charge on any atom is -0.310 e. The van der Waals surface area contributed by atoms with E-state index in [2.05, 4.69) is 63.3 Å². The highest BCUT2D eigenvalue weighted by atomic mass is 32.1. The third kappa shape index (κ3) is 3.53. The van der Waals surface area contributed by atoms with Crippen LogP contribution in [0.2, 0.25) is 0 Å². The number of nitrogens with one attached hydrogen (secondary N) is 1. The molecule has 0 spiro atoms. The van der Waals surface area contributed by atoms with Gasteiger partial charge in [-0.2, -0.15) is 0 Å². The van der Waals surface area contributed by atoms with E-state index in [9.17, 15) is 0 Å².